The van der Waals surface area contributed by atoms with Crippen LogP contribution in [0.15, 0.2) is 103 Å². The van der Waals surface area contributed by atoms with Crippen molar-refractivity contribution < 1.29 is 14.7 Å². The first-order chi connectivity index (χ1) is 20.1. The fraction of sp³-hybridized carbons (Fsp3) is 0.176. The van der Waals surface area contributed by atoms with Crippen molar-refractivity contribution in [3.63, 3.8) is 0 Å². The third-order valence-corrected chi connectivity index (χ3v) is 7.05. The average Bonchev–Trinajstić information content (AvgIpc) is 3.44. The Morgan fingerprint density at radius 2 is 1.60 bits per heavy atom. The summed E-state index contributed by atoms with van der Waals surface area (Å²) >= 11 is 0. The number of benzene rings is 3. The zero-order valence-corrected chi connectivity index (χ0v) is 23.8. The molecule has 0 fully saturated rings. The Balaban J connectivity index is 1.43. The number of carbonyl (C=O) groups is 2. The first-order valence-electron chi connectivity index (χ1n) is 13.7. The number of nitrogens with two attached hydrogens (primary N) is 1. The van der Waals surface area contributed by atoms with E-state index < -0.39 is 17.9 Å². The third-order valence-electron chi connectivity index (χ3n) is 7.05. The molecule has 5 aromatic rings. The molecule has 1 atom stereocenters. The van der Waals surface area contributed by atoms with Crippen LogP contribution in [0.3, 0.4) is 0 Å². The predicted molar refractivity (Wildman–Crippen MR) is 163 cm³/mol. The molecule has 2 aromatic heterocycles. The van der Waals surface area contributed by atoms with Gasteiger partial charge in [-0.2, -0.15) is 5.10 Å². The Morgan fingerprint density at radius 3 is 2.26 bits per heavy atom. The molecule has 42 heavy (non-hydrogen) atoms. The van der Waals surface area contributed by atoms with Crippen LogP contribution in [-0.2, 0) is 16.6 Å². The van der Waals surface area contributed by atoms with E-state index in [1.807, 2.05) is 41.1 Å². The highest BCUT2D eigenvalue weighted by Crippen LogP contribution is 2.30. The number of imide groups is 1. The van der Waals surface area contributed by atoms with Crippen molar-refractivity contribution in [3.8, 4) is 34.0 Å². The number of nitrogens with zero attached hydrogens (tertiary/aromatic N) is 3. The highest BCUT2D eigenvalue weighted by molar-refractivity contribution is 6.06. The molecule has 3 aromatic carbocycles. The first-order valence-corrected chi connectivity index (χ1v) is 13.7. The van der Waals surface area contributed by atoms with Gasteiger partial charge in [0.15, 0.2) is 0 Å². The second kappa shape index (κ2) is 11.8. The molecule has 5 rings (SSSR count). The molecule has 0 saturated heterocycles. The number of nitrogens with one attached hydrogen (secondary N) is 1. The van der Waals surface area contributed by atoms with E-state index in [0.29, 0.717) is 5.56 Å². The van der Waals surface area contributed by atoms with Crippen molar-refractivity contribution in [2.45, 2.75) is 38.6 Å². The van der Waals surface area contributed by atoms with Crippen molar-refractivity contribution in [2.24, 2.45) is 5.73 Å². The zero-order valence-electron chi connectivity index (χ0n) is 23.8. The lowest BCUT2D eigenvalue weighted by Crippen LogP contribution is -2.44. The summed E-state index contributed by atoms with van der Waals surface area (Å²) in [4.78, 5) is 29.9. The molecular formula is C34H33N5O3. The molecule has 0 spiro atoms. The summed E-state index contributed by atoms with van der Waals surface area (Å²) in [5.74, 6) is -0.997. The number of aromatic nitrogens is 3. The fourth-order valence-corrected chi connectivity index (χ4v) is 4.63. The summed E-state index contributed by atoms with van der Waals surface area (Å²) in [5, 5.41) is 16.8. The van der Waals surface area contributed by atoms with Crippen molar-refractivity contribution in [2.75, 3.05) is 0 Å². The maximum atomic E-state index is 13.1. The number of phenols is 1. The van der Waals surface area contributed by atoms with Crippen LogP contribution in [0.25, 0.3) is 28.2 Å². The molecule has 8 heteroatoms. The van der Waals surface area contributed by atoms with Crippen LogP contribution in [0.4, 0.5) is 0 Å². The van der Waals surface area contributed by atoms with E-state index in [9.17, 15) is 14.7 Å². The van der Waals surface area contributed by atoms with Crippen LogP contribution in [0, 0.1) is 0 Å². The van der Waals surface area contributed by atoms with Crippen molar-refractivity contribution in [3.05, 3.63) is 120 Å². The summed E-state index contributed by atoms with van der Waals surface area (Å²) in [7, 11) is 0. The molecule has 0 unspecified atom stereocenters. The fourth-order valence-electron chi connectivity index (χ4n) is 4.63. The largest absolute Gasteiger partial charge is 0.508 e. The van der Waals surface area contributed by atoms with Gasteiger partial charge in [0.2, 0.25) is 5.91 Å². The van der Waals surface area contributed by atoms with E-state index in [1.165, 1.54) is 17.7 Å². The number of hydrogen-bond donors (Lipinski definition) is 3. The summed E-state index contributed by atoms with van der Waals surface area (Å²) in [5.41, 5.74) is 12.5. The van der Waals surface area contributed by atoms with E-state index in [0.717, 1.165) is 33.8 Å². The predicted octanol–water partition coefficient (Wildman–Crippen LogP) is 5.43. The van der Waals surface area contributed by atoms with Gasteiger partial charge >= 0.3 is 0 Å². The zero-order chi connectivity index (χ0) is 29.9. The average molecular weight is 560 g/mol. The van der Waals surface area contributed by atoms with Gasteiger partial charge in [-0.15, -0.1) is 0 Å². The Kier molecular flexibility index (Phi) is 7.99. The molecule has 0 saturated carbocycles. The minimum atomic E-state index is -0.929. The Hall–Kier alpha value is -5.08. The van der Waals surface area contributed by atoms with Gasteiger partial charge in [0.25, 0.3) is 5.91 Å². The van der Waals surface area contributed by atoms with E-state index in [-0.39, 0.29) is 17.6 Å². The molecule has 0 radical (unpaired) electrons. The molecule has 0 bridgehead atoms. The number of pyridine rings is 1. The van der Waals surface area contributed by atoms with Crippen LogP contribution < -0.4 is 11.1 Å². The van der Waals surface area contributed by atoms with Crippen LogP contribution in [0.1, 0.15) is 42.3 Å². The van der Waals surface area contributed by atoms with E-state index in [2.05, 4.69) is 43.2 Å². The number of carbonyl (C=O) groups excluding carboxylic acids is 2. The van der Waals surface area contributed by atoms with Gasteiger partial charge < -0.3 is 10.8 Å². The molecule has 4 N–H and O–H groups in total. The van der Waals surface area contributed by atoms with Crippen LogP contribution >= 0.6 is 0 Å². The first kappa shape index (κ1) is 28.4. The summed E-state index contributed by atoms with van der Waals surface area (Å²) in [6, 6.07) is 26.6. The van der Waals surface area contributed by atoms with Gasteiger partial charge in [-0.25, -0.2) is 4.68 Å². The molecule has 2 heterocycles. The van der Waals surface area contributed by atoms with Crippen molar-refractivity contribution >= 4 is 11.8 Å². The molecule has 0 aliphatic heterocycles. The minimum absolute atomic E-state index is 0.0133. The number of aromatic hydroxyl groups is 1. The van der Waals surface area contributed by atoms with Crippen LogP contribution in [0.2, 0.25) is 0 Å². The monoisotopic (exact) mass is 559 g/mol. The van der Waals surface area contributed by atoms with E-state index in [1.54, 1.807) is 42.7 Å². The highest BCUT2D eigenvalue weighted by Gasteiger charge is 2.20. The summed E-state index contributed by atoms with van der Waals surface area (Å²) in [6.07, 6.45) is 3.67. The maximum absolute atomic E-state index is 13.1. The van der Waals surface area contributed by atoms with Gasteiger partial charge in [0.05, 0.1) is 23.1 Å². The second-order valence-corrected chi connectivity index (χ2v) is 11.2. The molecule has 0 aliphatic carbocycles. The highest BCUT2D eigenvalue weighted by atomic mass is 16.3. The Morgan fingerprint density at radius 1 is 0.905 bits per heavy atom. The topological polar surface area (TPSA) is 123 Å². The molecule has 2 amide bonds. The molecule has 0 aliphatic rings. The van der Waals surface area contributed by atoms with Crippen LogP contribution in [0.5, 0.6) is 5.75 Å². The summed E-state index contributed by atoms with van der Waals surface area (Å²) < 4.78 is 1.86. The molecular weight excluding hydrogens is 526 g/mol. The quantitative estimate of drug-likeness (QED) is 0.244. The van der Waals surface area contributed by atoms with Crippen molar-refractivity contribution in [1.82, 2.24) is 20.1 Å². The SMILES string of the molecule is CC(C)(C)c1ccc(-n2nc(-c3ccncc3)cc2-c2cccc(C(=O)NC(=O)[C@@H](N)Cc3ccc(O)cc3)c2)cc1. The smallest absolute Gasteiger partial charge is 0.257 e. The van der Waals surface area contributed by atoms with E-state index >= 15 is 0 Å². The van der Waals surface area contributed by atoms with Gasteiger partial charge in [-0.05, 0) is 77.6 Å². The van der Waals surface area contributed by atoms with Crippen LogP contribution in [-0.4, -0.2) is 37.7 Å². The van der Waals surface area contributed by atoms with Crippen molar-refractivity contribution in [1.29, 1.82) is 0 Å². The lowest BCUT2D eigenvalue weighted by molar-refractivity contribution is -0.121. The van der Waals surface area contributed by atoms with E-state index in [4.69, 9.17) is 10.8 Å². The molecule has 8 nitrogen and oxygen atoms in total. The van der Waals surface area contributed by atoms with Gasteiger partial charge in [-0.3, -0.25) is 19.9 Å². The van der Waals surface area contributed by atoms with Gasteiger partial charge in [0, 0.05) is 29.1 Å². The standard InChI is InChI=1S/C34H33N5O3/c1-34(2,3)26-9-11-27(12-10-26)39-31(21-30(38-39)23-15-17-36-18-16-23)24-5-4-6-25(20-24)32(41)37-33(42)29(35)19-22-7-13-28(40)14-8-22/h4-18,20-21,29,40H,19,35H2,1-3H3,(H,37,41,42)/t29-/m0/s1. The second-order valence-electron chi connectivity index (χ2n) is 11.2. The third kappa shape index (κ3) is 6.45. The molecule has 212 valence electrons. The van der Waals surface area contributed by atoms with Gasteiger partial charge in [0.1, 0.15) is 5.75 Å². The number of hydrogen-bond acceptors (Lipinski definition) is 6. The number of phenolic OH excluding ortho intramolecular Hbond substituents is 1. The van der Waals surface area contributed by atoms with Gasteiger partial charge in [-0.1, -0.05) is 57.2 Å². The normalized spacial score (nSPS) is 12.1. The maximum Gasteiger partial charge on any atom is 0.257 e. The Labute approximate surface area is 244 Å². The Bertz CT molecular complexity index is 1700. The number of amides is 2. The lowest BCUT2D eigenvalue weighted by Gasteiger charge is -2.19. The minimum Gasteiger partial charge on any atom is -0.508 e. The summed E-state index contributed by atoms with van der Waals surface area (Å²) in [6.45, 7) is 6.51. The number of rotatable bonds is 7. The lowest BCUT2D eigenvalue weighted by atomic mass is 9.87.